The van der Waals surface area contributed by atoms with Gasteiger partial charge < -0.3 is 10.1 Å². The van der Waals surface area contributed by atoms with E-state index in [2.05, 4.69) is 43.2 Å². The molecule has 2 aromatic rings. The summed E-state index contributed by atoms with van der Waals surface area (Å²) in [6.07, 6.45) is 3.48. The van der Waals surface area contributed by atoms with Gasteiger partial charge in [-0.1, -0.05) is 11.6 Å². The highest BCUT2D eigenvalue weighted by Gasteiger charge is 2.24. The molecule has 1 heterocycles. The SMILES string of the molecule is COc1c(Br)cc(Cl)cc1NC1CCCc2sc(Br)cc21. The summed E-state index contributed by atoms with van der Waals surface area (Å²) in [5, 5.41) is 4.29. The summed E-state index contributed by atoms with van der Waals surface area (Å²) < 4.78 is 7.55. The van der Waals surface area contributed by atoms with E-state index >= 15 is 0 Å². The van der Waals surface area contributed by atoms with E-state index in [-0.39, 0.29) is 0 Å². The molecule has 2 nitrogen and oxygen atoms in total. The number of nitrogens with one attached hydrogen (secondary N) is 1. The van der Waals surface area contributed by atoms with Crippen LogP contribution in [0.4, 0.5) is 5.69 Å². The molecule has 21 heavy (non-hydrogen) atoms. The van der Waals surface area contributed by atoms with Crippen LogP contribution in [0.25, 0.3) is 0 Å². The van der Waals surface area contributed by atoms with Gasteiger partial charge in [0.2, 0.25) is 0 Å². The molecular weight excluding hydrogens is 437 g/mol. The molecule has 0 saturated carbocycles. The van der Waals surface area contributed by atoms with Crippen LogP contribution < -0.4 is 10.1 Å². The van der Waals surface area contributed by atoms with Crippen molar-refractivity contribution in [3.05, 3.63) is 41.9 Å². The van der Waals surface area contributed by atoms with E-state index in [0.717, 1.165) is 22.3 Å². The normalized spacial score (nSPS) is 17.4. The summed E-state index contributed by atoms with van der Waals surface area (Å²) in [7, 11) is 1.67. The summed E-state index contributed by atoms with van der Waals surface area (Å²) >= 11 is 15.1. The van der Waals surface area contributed by atoms with Crippen molar-refractivity contribution >= 4 is 60.5 Å². The molecule has 3 rings (SSSR count). The molecule has 1 aliphatic carbocycles. The van der Waals surface area contributed by atoms with Crippen LogP contribution in [-0.4, -0.2) is 7.11 Å². The average Bonchev–Trinajstić information content (AvgIpc) is 2.80. The van der Waals surface area contributed by atoms with E-state index in [0.29, 0.717) is 11.1 Å². The summed E-state index contributed by atoms with van der Waals surface area (Å²) in [6, 6.07) is 6.29. The predicted molar refractivity (Wildman–Crippen MR) is 97.0 cm³/mol. The van der Waals surface area contributed by atoms with Crippen molar-refractivity contribution in [1.29, 1.82) is 0 Å². The van der Waals surface area contributed by atoms with Crippen molar-refractivity contribution in [1.82, 2.24) is 0 Å². The largest absolute Gasteiger partial charge is 0.493 e. The number of fused-ring (bicyclic) bond motifs is 1. The number of benzene rings is 1. The number of rotatable bonds is 3. The minimum Gasteiger partial charge on any atom is -0.493 e. The van der Waals surface area contributed by atoms with Crippen LogP contribution in [0.3, 0.4) is 0 Å². The zero-order valence-electron chi connectivity index (χ0n) is 11.4. The number of halogens is 3. The monoisotopic (exact) mass is 449 g/mol. The van der Waals surface area contributed by atoms with E-state index in [4.69, 9.17) is 16.3 Å². The van der Waals surface area contributed by atoms with Gasteiger partial charge in [0, 0.05) is 9.90 Å². The van der Waals surface area contributed by atoms with E-state index < -0.39 is 0 Å². The van der Waals surface area contributed by atoms with Gasteiger partial charge in [0.25, 0.3) is 0 Å². The predicted octanol–water partition coefficient (Wildman–Crippen LogP) is 6.42. The maximum Gasteiger partial charge on any atom is 0.156 e. The van der Waals surface area contributed by atoms with Crippen LogP contribution in [0, 0.1) is 0 Å². The van der Waals surface area contributed by atoms with Gasteiger partial charge in [-0.15, -0.1) is 11.3 Å². The Morgan fingerprint density at radius 3 is 2.90 bits per heavy atom. The summed E-state index contributed by atoms with van der Waals surface area (Å²) in [6.45, 7) is 0. The number of aryl methyl sites for hydroxylation is 1. The lowest BCUT2D eigenvalue weighted by atomic mass is 9.94. The Morgan fingerprint density at radius 1 is 1.33 bits per heavy atom. The van der Waals surface area contributed by atoms with Crippen LogP contribution >= 0.6 is 54.8 Å². The average molecular weight is 452 g/mol. The third kappa shape index (κ3) is 3.26. The van der Waals surface area contributed by atoms with Gasteiger partial charge in [0.05, 0.1) is 27.1 Å². The molecule has 1 N–H and O–H groups in total. The molecule has 0 amide bonds. The minimum atomic E-state index is 0.301. The second-order valence-electron chi connectivity index (χ2n) is 4.99. The molecule has 1 aromatic carbocycles. The Morgan fingerprint density at radius 2 is 2.14 bits per heavy atom. The van der Waals surface area contributed by atoms with E-state index in [1.165, 1.54) is 27.1 Å². The third-order valence-electron chi connectivity index (χ3n) is 3.63. The van der Waals surface area contributed by atoms with Crippen LogP contribution in [0.2, 0.25) is 5.02 Å². The molecule has 0 fully saturated rings. The number of ether oxygens (including phenoxy) is 1. The number of hydrogen-bond donors (Lipinski definition) is 1. The van der Waals surface area contributed by atoms with Crippen molar-refractivity contribution in [2.45, 2.75) is 25.3 Å². The minimum absolute atomic E-state index is 0.301. The van der Waals surface area contributed by atoms with Crippen molar-refractivity contribution < 1.29 is 4.74 Å². The Kier molecular flexibility index (Phi) is 4.84. The topological polar surface area (TPSA) is 21.3 Å². The second-order valence-corrected chi connectivity index (χ2v) is 8.79. The quantitative estimate of drug-likeness (QED) is 0.581. The number of hydrogen-bond acceptors (Lipinski definition) is 3. The Bertz CT molecular complexity index is 674. The zero-order chi connectivity index (χ0) is 15.0. The van der Waals surface area contributed by atoms with Gasteiger partial charge in [-0.3, -0.25) is 0 Å². The third-order valence-corrected chi connectivity index (χ3v) is 6.15. The van der Waals surface area contributed by atoms with Crippen LogP contribution in [0.5, 0.6) is 5.75 Å². The molecule has 1 aliphatic rings. The molecular formula is C15H14Br2ClNOS. The number of thiophene rings is 1. The molecule has 0 radical (unpaired) electrons. The zero-order valence-corrected chi connectivity index (χ0v) is 16.1. The standard InChI is InChI=1S/C15H14Br2ClNOS/c1-20-15-10(16)5-8(18)6-12(15)19-11-3-2-4-13-9(11)7-14(17)21-13/h5-7,11,19H,2-4H2,1H3. The molecule has 1 atom stereocenters. The van der Waals surface area contributed by atoms with Gasteiger partial charge in [0.1, 0.15) is 0 Å². The molecule has 112 valence electrons. The molecule has 1 unspecified atom stereocenters. The van der Waals surface area contributed by atoms with Gasteiger partial charge in [-0.25, -0.2) is 0 Å². The molecule has 0 aliphatic heterocycles. The molecule has 1 aromatic heterocycles. The fourth-order valence-corrected chi connectivity index (χ4v) is 5.53. The van der Waals surface area contributed by atoms with Crippen LogP contribution in [0.1, 0.15) is 29.3 Å². The van der Waals surface area contributed by atoms with Crippen molar-refractivity contribution in [2.75, 3.05) is 12.4 Å². The van der Waals surface area contributed by atoms with Crippen LogP contribution in [0.15, 0.2) is 26.5 Å². The van der Waals surface area contributed by atoms with Crippen molar-refractivity contribution in [2.24, 2.45) is 0 Å². The van der Waals surface area contributed by atoms with Gasteiger partial charge in [-0.2, -0.15) is 0 Å². The van der Waals surface area contributed by atoms with Crippen molar-refractivity contribution in [3.63, 3.8) is 0 Å². The highest BCUT2D eigenvalue weighted by Crippen LogP contribution is 2.43. The first-order valence-corrected chi connectivity index (χ1v) is 9.44. The molecule has 0 saturated heterocycles. The highest BCUT2D eigenvalue weighted by molar-refractivity contribution is 9.11. The number of anilines is 1. The van der Waals surface area contributed by atoms with Gasteiger partial charge >= 0.3 is 0 Å². The number of methoxy groups -OCH3 is 1. The first-order valence-electron chi connectivity index (χ1n) is 6.66. The van der Waals surface area contributed by atoms with Gasteiger partial charge in [0.15, 0.2) is 5.75 Å². The Balaban J connectivity index is 1.94. The molecule has 0 spiro atoms. The van der Waals surface area contributed by atoms with E-state index in [1.54, 1.807) is 7.11 Å². The van der Waals surface area contributed by atoms with Crippen molar-refractivity contribution in [3.8, 4) is 5.75 Å². The van der Waals surface area contributed by atoms with E-state index in [1.807, 2.05) is 23.5 Å². The van der Waals surface area contributed by atoms with Gasteiger partial charge in [-0.05, 0) is 74.9 Å². The fourth-order valence-electron chi connectivity index (χ4n) is 2.73. The summed E-state index contributed by atoms with van der Waals surface area (Å²) in [5.41, 5.74) is 2.31. The second kappa shape index (κ2) is 6.49. The van der Waals surface area contributed by atoms with E-state index in [9.17, 15) is 0 Å². The smallest absolute Gasteiger partial charge is 0.156 e. The molecule has 0 bridgehead atoms. The Labute approximate surface area is 150 Å². The fraction of sp³-hybridized carbons (Fsp3) is 0.333. The maximum absolute atomic E-state index is 6.17. The first kappa shape index (κ1) is 15.7. The lowest BCUT2D eigenvalue weighted by Crippen LogP contribution is -2.16. The lowest BCUT2D eigenvalue weighted by molar-refractivity contribution is 0.413. The summed E-state index contributed by atoms with van der Waals surface area (Å²) in [5.74, 6) is 0.792. The first-order chi connectivity index (χ1) is 10.1. The highest BCUT2D eigenvalue weighted by atomic mass is 79.9. The van der Waals surface area contributed by atoms with Crippen LogP contribution in [-0.2, 0) is 6.42 Å². The molecule has 6 heteroatoms. The Hall–Kier alpha value is -0.230. The summed E-state index contributed by atoms with van der Waals surface area (Å²) in [4.78, 5) is 1.46. The maximum atomic E-state index is 6.17. The lowest BCUT2D eigenvalue weighted by Gasteiger charge is -2.26.